The zero-order valence-corrected chi connectivity index (χ0v) is 16.4. The number of aliphatic carboxylic acids is 1. The van der Waals surface area contributed by atoms with E-state index in [1.807, 2.05) is 0 Å². The van der Waals surface area contributed by atoms with Crippen LogP contribution in [-0.2, 0) is 14.3 Å². The number of rotatable bonds is 11. The summed E-state index contributed by atoms with van der Waals surface area (Å²) in [7, 11) is 1.58. The minimum atomic E-state index is -1.01. The predicted molar refractivity (Wildman–Crippen MR) is 99.4 cm³/mol. The molecule has 144 valence electrons. The largest absolute Gasteiger partial charge is 0.481 e. The lowest BCUT2D eigenvalue weighted by Crippen LogP contribution is -2.74. The van der Waals surface area contributed by atoms with Crippen LogP contribution in [0.2, 0.25) is 0 Å². The summed E-state index contributed by atoms with van der Waals surface area (Å²) in [6.45, 7) is 5.34. The lowest BCUT2D eigenvalue weighted by atomic mass is 9.80. The van der Waals surface area contributed by atoms with Gasteiger partial charge in [0.1, 0.15) is 22.3 Å². The highest BCUT2D eigenvalue weighted by molar-refractivity contribution is 8.00. The third-order valence-electron chi connectivity index (χ3n) is 5.32. The minimum Gasteiger partial charge on any atom is -0.481 e. The Bertz CT molecular complexity index is 476. The molecule has 7 heteroatoms. The number of carboxylic acids is 1. The molecule has 2 fully saturated rings. The van der Waals surface area contributed by atoms with E-state index >= 15 is 0 Å². The maximum Gasteiger partial charge on any atom is 0.315 e. The summed E-state index contributed by atoms with van der Waals surface area (Å²) < 4.78 is 5.59. The van der Waals surface area contributed by atoms with Gasteiger partial charge in [-0.2, -0.15) is 0 Å². The number of β-lactam (4-membered cyclic amide) rings is 1. The fourth-order valence-corrected chi connectivity index (χ4v) is 5.36. The van der Waals surface area contributed by atoms with Crippen LogP contribution in [-0.4, -0.2) is 58.9 Å². The smallest absolute Gasteiger partial charge is 0.315 e. The van der Waals surface area contributed by atoms with Crippen LogP contribution in [0.4, 0.5) is 0 Å². The molecule has 3 unspecified atom stereocenters. The van der Waals surface area contributed by atoms with Crippen molar-refractivity contribution in [1.29, 1.82) is 0 Å². The molecule has 0 spiro atoms. The summed E-state index contributed by atoms with van der Waals surface area (Å²) >= 11 is 1.49. The van der Waals surface area contributed by atoms with Crippen LogP contribution in [0.1, 0.15) is 58.8 Å². The highest BCUT2D eigenvalue weighted by Crippen LogP contribution is 2.49. The summed E-state index contributed by atoms with van der Waals surface area (Å²) in [4.78, 5) is 26.3. The van der Waals surface area contributed by atoms with Gasteiger partial charge in [-0.15, -0.1) is 11.8 Å². The van der Waals surface area contributed by atoms with Crippen LogP contribution in [0.25, 0.3) is 0 Å². The first-order valence-electron chi connectivity index (χ1n) is 9.47. The second kappa shape index (κ2) is 9.24. The number of thioether (sulfide) groups is 1. The van der Waals surface area contributed by atoms with E-state index in [1.54, 1.807) is 12.0 Å². The molecule has 0 aromatic carbocycles. The summed E-state index contributed by atoms with van der Waals surface area (Å²) in [6, 6.07) is -0.207. The summed E-state index contributed by atoms with van der Waals surface area (Å²) in [5.41, 5.74) is -1.43. The van der Waals surface area contributed by atoms with Gasteiger partial charge in [0, 0.05) is 13.7 Å². The van der Waals surface area contributed by atoms with E-state index < -0.39 is 16.8 Å². The Labute approximate surface area is 155 Å². The molecule has 0 aromatic rings. The number of nitrogens with zero attached hydrogens (tertiary/aromatic N) is 1. The van der Waals surface area contributed by atoms with Gasteiger partial charge in [0.25, 0.3) is 0 Å². The first-order chi connectivity index (χ1) is 12.0. The molecule has 25 heavy (non-hydrogen) atoms. The van der Waals surface area contributed by atoms with E-state index in [-0.39, 0.29) is 23.9 Å². The molecule has 0 aliphatic carbocycles. The molecule has 4 atom stereocenters. The zero-order valence-electron chi connectivity index (χ0n) is 15.6. The SMILES string of the molecule is CCCCCNC1C(=O)N2CC(CCCCC)(C(=O)O)C(OC)S[C@H]12. The first kappa shape index (κ1) is 20.5. The van der Waals surface area contributed by atoms with Gasteiger partial charge < -0.3 is 20.1 Å². The second-order valence-corrected chi connectivity index (χ2v) is 8.30. The average Bonchev–Trinajstić information content (AvgIpc) is 2.61. The topological polar surface area (TPSA) is 78.9 Å². The van der Waals surface area contributed by atoms with Crippen molar-refractivity contribution in [2.24, 2.45) is 5.41 Å². The molecule has 1 amide bonds. The summed E-state index contributed by atoms with van der Waals surface area (Å²) in [5.74, 6) is -0.821. The molecule has 2 N–H and O–H groups in total. The molecule has 2 rings (SSSR count). The number of amides is 1. The van der Waals surface area contributed by atoms with Crippen molar-refractivity contribution in [1.82, 2.24) is 10.2 Å². The quantitative estimate of drug-likeness (QED) is 0.429. The summed E-state index contributed by atoms with van der Waals surface area (Å²) in [6.07, 6.45) is 6.78. The van der Waals surface area contributed by atoms with E-state index in [0.717, 1.165) is 45.1 Å². The van der Waals surface area contributed by atoms with Gasteiger partial charge in [-0.1, -0.05) is 46.0 Å². The lowest BCUT2D eigenvalue weighted by molar-refractivity contribution is -0.166. The van der Waals surface area contributed by atoms with E-state index in [2.05, 4.69) is 19.2 Å². The number of hydrogen-bond donors (Lipinski definition) is 2. The van der Waals surface area contributed by atoms with Crippen molar-refractivity contribution in [3.05, 3.63) is 0 Å². The van der Waals surface area contributed by atoms with E-state index in [9.17, 15) is 14.7 Å². The van der Waals surface area contributed by atoms with Gasteiger partial charge >= 0.3 is 5.97 Å². The standard InChI is InChI=1S/C18H32N2O4S/c1-4-6-8-10-18(16(22)23)12-20-14(21)13(19-11-9-7-5-2)15(20)25-17(18)24-3/h13,15,17,19H,4-12H2,1-3H3,(H,22,23)/t13?,15-,17?,18?/m1/s1. The van der Waals surface area contributed by atoms with Gasteiger partial charge in [-0.25, -0.2) is 0 Å². The molecule has 2 aliphatic heterocycles. The van der Waals surface area contributed by atoms with Gasteiger partial charge in [0.05, 0.1) is 0 Å². The van der Waals surface area contributed by atoms with Crippen molar-refractivity contribution >= 4 is 23.6 Å². The minimum absolute atomic E-state index is 0.0160. The Morgan fingerprint density at radius 2 is 2.00 bits per heavy atom. The van der Waals surface area contributed by atoms with Crippen LogP contribution < -0.4 is 5.32 Å². The van der Waals surface area contributed by atoms with E-state index in [4.69, 9.17) is 4.74 Å². The average molecular weight is 373 g/mol. The Hall–Kier alpha value is -0.790. The molecule has 0 saturated carbocycles. The van der Waals surface area contributed by atoms with Gasteiger partial charge in [0.15, 0.2) is 0 Å². The van der Waals surface area contributed by atoms with Crippen molar-refractivity contribution in [2.75, 3.05) is 20.2 Å². The maximum atomic E-state index is 12.5. The summed E-state index contributed by atoms with van der Waals surface area (Å²) in [5, 5.41) is 13.2. The number of carbonyl (C=O) groups is 2. The van der Waals surface area contributed by atoms with Gasteiger partial charge in [-0.05, 0) is 19.4 Å². The molecule has 0 radical (unpaired) electrons. The number of unbranched alkanes of at least 4 members (excludes halogenated alkanes) is 4. The van der Waals surface area contributed by atoms with Crippen molar-refractivity contribution in [3.63, 3.8) is 0 Å². The van der Waals surface area contributed by atoms with Crippen molar-refractivity contribution < 1.29 is 19.4 Å². The van der Waals surface area contributed by atoms with Crippen molar-refractivity contribution in [2.45, 2.75) is 75.6 Å². The maximum absolute atomic E-state index is 12.5. The predicted octanol–water partition coefficient (Wildman–Crippen LogP) is 2.67. The van der Waals surface area contributed by atoms with Crippen LogP contribution in [0.15, 0.2) is 0 Å². The molecular formula is C18H32N2O4S. The number of carbonyl (C=O) groups excluding carboxylic acids is 1. The van der Waals surface area contributed by atoms with Crippen LogP contribution in [0, 0.1) is 5.41 Å². The van der Waals surface area contributed by atoms with E-state index in [1.165, 1.54) is 11.8 Å². The fraction of sp³-hybridized carbons (Fsp3) is 0.889. The number of fused-ring (bicyclic) bond motifs is 1. The Kier molecular flexibility index (Phi) is 7.58. The second-order valence-electron chi connectivity index (χ2n) is 7.12. The molecule has 0 bridgehead atoms. The Balaban J connectivity index is 2.04. The molecule has 2 saturated heterocycles. The van der Waals surface area contributed by atoms with Crippen LogP contribution >= 0.6 is 11.8 Å². The number of hydrogen-bond acceptors (Lipinski definition) is 5. The zero-order chi connectivity index (χ0) is 18.4. The third-order valence-corrected chi connectivity index (χ3v) is 7.02. The number of nitrogens with one attached hydrogen (secondary N) is 1. The normalized spacial score (nSPS) is 31.6. The van der Waals surface area contributed by atoms with Crippen LogP contribution in [0.3, 0.4) is 0 Å². The van der Waals surface area contributed by atoms with Crippen molar-refractivity contribution in [3.8, 4) is 0 Å². The number of methoxy groups -OCH3 is 1. The van der Waals surface area contributed by atoms with Gasteiger partial charge in [0.2, 0.25) is 5.91 Å². The number of ether oxygens (including phenoxy) is 1. The molecule has 2 heterocycles. The third kappa shape index (κ3) is 4.14. The number of carboxylic acid groups (broad SMARTS) is 1. The highest BCUT2D eigenvalue weighted by atomic mass is 32.2. The van der Waals surface area contributed by atoms with Crippen LogP contribution in [0.5, 0.6) is 0 Å². The fourth-order valence-electron chi connectivity index (χ4n) is 3.74. The lowest BCUT2D eigenvalue weighted by Gasteiger charge is -2.56. The Morgan fingerprint density at radius 3 is 2.60 bits per heavy atom. The molecule has 0 aromatic heterocycles. The first-order valence-corrected chi connectivity index (χ1v) is 10.4. The molecule has 6 nitrogen and oxygen atoms in total. The molecule has 2 aliphatic rings. The molecular weight excluding hydrogens is 340 g/mol. The van der Waals surface area contributed by atoms with E-state index in [0.29, 0.717) is 6.42 Å². The monoisotopic (exact) mass is 372 g/mol. The highest BCUT2D eigenvalue weighted by Gasteiger charge is 2.61. The van der Waals surface area contributed by atoms with Gasteiger partial charge in [-0.3, -0.25) is 9.59 Å². The Morgan fingerprint density at radius 1 is 1.32 bits per heavy atom.